The smallest absolute Gasteiger partial charge is 0.0993 e. The van der Waals surface area contributed by atoms with Gasteiger partial charge in [0.25, 0.3) is 0 Å². The van der Waals surface area contributed by atoms with Gasteiger partial charge in [-0.2, -0.15) is 0 Å². The number of rotatable bonds is 9. The van der Waals surface area contributed by atoms with Crippen molar-refractivity contribution in [2.45, 2.75) is 77.7 Å². The van der Waals surface area contributed by atoms with Crippen LogP contribution in [0.2, 0.25) is 0 Å². The summed E-state index contributed by atoms with van der Waals surface area (Å²) in [6, 6.07) is 10.5. The van der Waals surface area contributed by atoms with Gasteiger partial charge in [0, 0.05) is 12.6 Å². The Kier molecular flexibility index (Phi) is 8.23. The van der Waals surface area contributed by atoms with Crippen LogP contribution in [0.25, 0.3) is 0 Å². The summed E-state index contributed by atoms with van der Waals surface area (Å²) in [6.45, 7) is 9.26. The second-order valence-electron chi connectivity index (χ2n) is 7.38. The summed E-state index contributed by atoms with van der Waals surface area (Å²) in [7, 11) is 0. The van der Waals surface area contributed by atoms with E-state index in [0.29, 0.717) is 6.61 Å². The van der Waals surface area contributed by atoms with E-state index in [9.17, 15) is 5.11 Å². The van der Waals surface area contributed by atoms with Gasteiger partial charge in [-0.25, -0.2) is 0 Å². The Labute approximate surface area is 148 Å². The van der Waals surface area contributed by atoms with Crippen molar-refractivity contribution in [3.63, 3.8) is 0 Å². The average molecular weight is 334 g/mol. The molecule has 0 radical (unpaired) electrons. The van der Waals surface area contributed by atoms with E-state index in [1.165, 1.54) is 37.7 Å². The fourth-order valence-corrected chi connectivity index (χ4v) is 3.68. The molecular formula is C21H35NO2. The first-order chi connectivity index (χ1) is 11.6. The molecule has 136 valence electrons. The Morgan fingerprint density at radius 3 is 2.50 bits per heavy atom. The number of piperidine rings is 1. The van der Waals surface area contributed by atoms with E-state index in [4.69, 9.17) is 4.74 Å². The third-order valence-corrected chi connectivity index (χ3v) is 5.33. The maximum Gasteiger partial charge on any atom is 0.0993 e. The van der Waals surface area contributed by atoms with Gasteiger partial charge in [-0.05, 0) is 31.4 Å². The molecule has 1 heterocycles. The number of likely N-dealkylation sites (tertiary alicyclic amines) is 1. The van der Waals surface area contributed by atoms with Crippen LogP contribution < -0.4 is 0 Å². The molecule has 0 aromatic heterocycles. The molecule has 1 aromatic carbocycles. The normalized spacial score (nSPS) is 28.2. The molecule has 3 nitrogen and oxygen atoms in total. The van der Waals surface area contributed by atoms with E-state index in [1.807, 2.05) is 18.2 Å². The lowest BCUT2D eigenvalue weighted by Crippen LogP contribution is -2.58. The van der Waals surface area contributed by atoms with Gasteiger partial charge in [-0.15, -0.1) is 0 Å². The first-order valence-electron chi connectivity index (χ1n) is 9.71. The van der Waals surface area contributed by atoms with Gasteiger partial charge in [0.05, 0.1) is 18.8 Å². The minimum Gasteiger partial charge on any atom is -0.390 e. The molecule has 1 aliphatic heterocycles. The van der Waals surface area contributed by atoms with Crippen LogP contribution in [0, 0.1) is 5.92 Å². The molecule has 0 amide bonds. The largest absolute Gasteiger partial charge is 0.390 e. The highest BCUT2D eigenvalue weighted by Gasteiger charge is 2.39. The summed E-state index contributed by atoms with van der Waals surface area (Å²) in [4.78, 5) is 2.51. The lowest BCUT2D eigenvalue weighted by molar-refractivity contribution is -0.135. The summed E-state index contributed by atoms with van der Waals surface area (Å²) in [5.41, 5.74) is 1.17. The Morgan fingerprint density at radius 2 is 1.79 bits per heavy atom. The van der Waals surface area contributed by atoms with Gasteiger partial charge in [0.15, 0.2) is 0 Å². The SMILES string of the molecule is CCCCCCCN1C[C@H](C)[C@@H](O)[C@@H](OCc2ccccc2)[C@H]1C. The van der Waals surface area contributed by atoms with Crippen LogP contribution >= 0.6 is 0 Å². The minimum absolute atomic E-state index is 0.107. The van der Waals surface area contributed by atoms with E-state index in [1.54, 1.807) is 0 Å². The molecule has 24 heavy (non-hydrogen) atoms. The average Bonchev–Trinajstić information content (AvgIpc) is 2.60. The molecule has 0 saturated carbocycles. The quantitative estimate of drug-likeness (QED) is 0.686. The van der Waals surface area contributed by atoms with Crippen LogP contribution in [0.15, 0.2) is 30.3 Å². The second kappa shape index (κ2) is 10.2. The molecule has 3 heteroatoms. The molecule has 1 fully saturated rings. The number of hydrogen-bond acceptors (Lipinski definition) is 3. The number of ether oxygens (including phenoxy) is 1. The van der Waals surface area contributed by atoms with Gasteiger partial charge in [0.2, 0.25) is 0 Å². The maximum atomic E-state index is 10.6. The fraction of sp³-hybridized carbons (Fsp3) is 0.714. The van der Waals surface area contributed by atoms with Gasteiger partial charge in [-0.3, -0.25) is 4.90 Å². The van der Waals surface area contributed by atoms with Crippen molar-refractivity contribution < 1.29 is 9.84 Å². The van der Waals surface area contributed by atoms with Crippen molar-refractivity contribution in [2.24, 2.45) is 5.92 Å². The van der Waals surface area contributed by atoms with E-state index in [2.05, 4.69) is 37.8 Å². The molecule has 0 aliphatic carbocycles. The van der Waals surface area contributed by atoms with Gasteiger partial charge >= 0.3 is 0 Å². The van der Waals surface area contributed by atoms with Crippen molar-refractivity contribution in [1.82, 2.24) is 4.90 Å². The van der Waals surface area contributed by atoms with E-state index in [-0.39, 0.29) is 24.2 Å². The highest BCUT2D eigenvalue weighted by molar-refractivity contribution is 5.13. The zero-order valence-electron chi connectivity index (χ0n) is 15.7. The number of unbranched alkanes of at least 4 members (excludes halogenated alkanes) is 4. The summed E-state index contributed by atoms with van der Waals surface area (Å²) in [5, 5.41) is 10.6. The first-order valence-corrected chi connectivity index (χ1v) is 9.71. The van der Waals surface area contributed by atoms with Crippen LogP contribution in [0.4, 0.5) is 0 Å². The third-order valence-electron chi connectivity index (χ3n) is 5.33. The fourth-order valence-electron chi connectivity index (χ4n) is 3.68. The van der Waals surface area contributed by atoms with Crippen molar-refractivity contribution in [3.05, 3.63) is 35.9 Å². The number of aliphatic hydroxyl groups excluding tert-OH is 1. The van der Waals surface area contributed by atoms with Crippen molar-refractivity contribution >= 4 is 0 Å². The zero-order valence-corrected chi connectivity index (χ0v) is 15.7. The van der Waals surface area contributed by atoms with E-state index >= 15 is 0 Å². The number of nitrogens with zero attached hydrogens (tertiary/aromatic N) is 1. The molecule has 2 rings (SSSR count). The number of aliphatic hydroxyl groups is 1. The van der Waals surface area contributed by atoms with Crippen LogP contribution in [-0.4, -0.2) is 41.3 Å². The minimum atomic E-state index is -0.375. The second-order valence-corrected chi connectivity index (χ2v) is 7.38. The first kappa shape index (κ1) is 19.4. The Morgan fingerprint density at radius 1 is 1.08 bits per heavy atom. The highest BCUT2D eigenvalue weighted by atomic mass is 16.5. The predicted molar refractivity (Wildman–Crippen MR) is 100.0 cm³/mol. The Bertz CT molecular complexity index is 450. The van der Waals surface area contributed by atoms with Gasteiger partial charge < -0.3 is 9.84 Å². The molecule has 4 atom stereocenters. The number of hydrogen-bond donors (Lipinski definition) is 1. The lowest BCUT2D eigenvalue weighted by Gasteiger charge is -2.45. The molecule has 1 saturated heterocycles. The van der Waals surface area contributed by atoms with Crippen LogP contribution in [0.1, 0.15) is 58.4 Å². The Hall–Kier alpha value is -0.900. The molecule has 0 unspecified atom stereocenters. The molecule has 1 N–H and O–H groups in total. The molecular weight excluding hydrogens is 298 g/mol. The summed E-state index contributed by atoms with van der Waals surface area (Å²) < 4.78 is 6.15. The van der Waals surface area contributed by atoms with Crippen LogP contribution in [0.3, 0.4) is 0 Å². The monoisotopic (exact) mass is 333 g/mol. The Balaban J connectivity index is 1.86. The van der Waals surface area contributed by atoms with Gasteiger partial charge in [0.1, 0.15) is 0 Å². The standard InChI is InChI=1S/C21H35NO2/c1-4-5-6-7-11-14-22-15-17(2)20(23)21(18(22)3)24-16-19-12-9-8-10-13-19/h8-10,12-13,17-18,20-21,23H,4-7,11,14-16H2,1-3H3/t17-,18+,20+,21-/m0/s1. The summed E-state index contributed by atoms with van der Waals surface area (Å²) >= 11 is 0. The number of benzene rings is 1. The van der Waals surface area contributed by atoms with E-state index < -0.39 is 0 Å². The highest BCUT2D eigenvalue weighted by Crippen LogP contribution is 2.26. The molecule has 1 aromatic rings. The topological polar surface area (TPSA) is 32.7 Å². The van der Waals surface area contributed by atoms with Crippen molar-refractivity contribution in [2.75, 3.05) is 13.1 Å². The molecule has 0 bridgehead atoms. The molecule has 1 aliphatic rings. The lowest BCUT2D eigenvalue weighted by atomic mass is 9.88. The van der Waals surface area contributed by atoms with Crippen molar-refractivity contribution in [3.8, 4) is 0 Å². The van der Waals surface area contributed by atoms with Crippen LogP contribution in [0.5, 0.6) is 0 Å². The summed E-state index contributed by atoms with van der Waals surface area (Å²) in [5.74, 6) is 0.262. The van der Waals surface area contributed by atoms with Crippen LogP contribution in [-0.2, 0) is 11.3 Å². The van der Waals surface area contributed by atoms with E-state index in [0.717, 1.165) is 13.1 Å². The molecule has 0 spiro atoms. The van der Waals surface area contributed by atoms with Gasteiger partial charge in [-0.1, -0.05) is 69.9 Å². The predicted octanol–water partition coefficient (Wildman–Crippen LogP) is 4.24. The zero-order chi connectivity index (χ0) is 17.4. The third kappa shape index (κ3) is 5.58. The van der Waals surface area contributed by atoms with Crippen molar-refractivity contribution in [1.29, 1.82) is 0 Å². The maximum absolute atomic E-state index is 10.6. The summed E-state index contributed by atoms with van der Waals surface area (Å²) in [6.07, 6.45) is 6.05.